The van der Waals surface area contributed by atoms with Crippen molar-refractivity contribution in [1.29, 1.82) is 0 Å². The fourth-order valence-corrected chi connectivity index (χ4v) is 5.75. The second-order valence-electron chi connectivity index (χ2n) is 9.93. The third-order valence-corrected chi connectivity index (χ3v) is 8.51. The maximum atomic E-state index is 14.1. The molecule has 3 rings (SSSR count). The highest BCUT2D eigenvalue weighted by molar-refractivity contribution is 7.92. The number of amides is 2. The van der Waals surface area contributed by atoms with Crippen molar-refractivity contribution in [2.75, 3.05) is 18.0 Å². The van der Waals surface area contributed by atoms with E-state index < -0.39 is 28.5 Å². The van der Waals surface area contributed by atoms with E-state index in [0.717, 1.165) is 21.0 Å². The first-order valence-corrected chi connectivity index (χ1v) is 14.7. The van der Waals surface area contributed by atoms with Crippen molar-refractivity contribution < 1.29 is 22.7 Å². The minimum Gasteiger partial charge on any atom is -0.495 e. The number of rotatable bonds is 11. The Morgan fingerprint density at radius 1 is 0.975 bits per heavy atom. The molecule has 8 nitrogen and oxygen atoms in total. The Morgan fingerprint density at radius 3 is 2.23 bits per heavy atom. The number of aryl methyl sites for hydroxylation is 2. The first-order valence-electron chi connectivity index (χ1n) is 12.9. The van der Waals surface area contributed by atoms with Crippen LogP contribution in [0.5, 0.6) is 5.75 Å². The van der Waals surface area contributed by atoms with Crippen LogP contribution in [0.2, 0.25) is 5.02 Å². The molecule has 3 aromatic carbocycles. The third-order valence-electron chi connectivity index (χ3n) is 6.50. The van der Waals surface area contributed by atoms with Gasteiger partial charge in [0.25, 0.3) is 10.0 Å². The van der Waals surface area contributed by atoms with Gasteiger partial charge in [0.2, 0.25) is 11.8 Å². The highest BCUT2D eigenvalue weighted by Crippen LogP contribution is 2.35. The summed E-state index contributed by atoms with van der Waals surface area (Å²) in [7, 11) is -2.84. The molecule has 0 heterocycles. The molecular weight excluding hydrogens is 550 g/mol. The second-order valence-corrected chi connectivity index (χ2v) is 12.2. The van der Waals surface area contributed by atoms with Crippen LogP contribution in [-0.2, 0) is 26.2 Å². The molecule has 2 amide bonds. The van der Waals surface area contributed by atoms with Gasteiger partial charge in [-0.05, 0) is 76.1 Å². The van der Waals surface area contributed by atoms with Crippen molar-refractivity contribution in [3.63, 3.8) is 0 Å². The molecule has 10 heteroatoms. The average molecular weight is 586 g/mol. The molecule has 0 saturated carbocycles. The number of halogens is 1. The van der Waals surface area contributed by atoms with E-state index in [1.54, 1.807) is 31.2 Å². The number of carbonyl (C=O) groups is 2. The van der Waals surface area contributed by atoms with Crippen LogP contribution in [0.25, 0.3) is 0 Å². The monoisotopic (exact) mass is 585 g/mol. The summed E-state index contributed by atoms with van der Waals surface area (Å²) >= 11 is 6.27. The van der Waals surface area contributed by atoms with Crippen LogP contribution < -0.4 is 14.4 Å². The third kappa shape index (κ3) is 7.34. The molecular formula is C30H36ClN3O5S. The Balaban J connectivity index is 2.12. The average Bonchev–Trinajstić information content (AvgIpc) is 2.90. The molecule has 214 valence electrons. The van der Waals surface area contributed by atoms with E-state index >= 15 is 0 Å². The number of benzene rings is 3. The number of carbonyl (C=O) groups excluding carboxylic acids is 2. The zero-order chi connectivity index (χ0) is 29.6. The topological polar surface area (TPSA) is 96.0 Å². The molecule has 0 radical (unpaired) electrons. The lowest BCUT2D eigenvalue weighted by Gasteiger charge is -2.33. The van der Waals surface area contributed by atoms with E-state index in [1.807, 2.05) is 52.0 Å². The maximum absolute atomic E-state index is 14.1. The largest absolute Gasteiger partial charge is 0.495 e. The number of nitrogens with one attached hydrogen (secondary N) is 1. The normalized spacial score (nSPS) is 12.1. The van der Waals surface area contributed by atoms with Gasteiger partial charge in [0.1, 0.15) is 18.3 Å². The van der Waals surface area contributed by atoms with Gasteiger partial charge in [0.15, 0.2) is 0 Å². The van der Waals surface area contributed by atoms with Crippen LogP contribution in [0.4, 0.5) is 5.69 Å². The predicted molar refractivity (Wildman–Crippen MR) is 158 cm³/mol. The Morgan fingerprint density at radius 2 is 1.62 bits per heavy atom. The number of hydrogen-bond acceptors (Lipinski definition) is 5. The van der Waals surface area contributed by atoms with Crippen LogP contribution in [0.15, 0.2) is 71.6 Å². The fourth-order valence-electron chi connectivity index (χ4n) is 4.17. The molecule has 1 N–H and O–H groups in total. The number of methoxy groups -OCH3 is 1. The van der Waals surface area contributed by atoms with E-state index in [0.29, 0.717) is 0 Å². The molecule has 40 heavy (non-hydrogen) atoms. The van der Waals surface area contributed by atoms with Crippen LogP contribution in [0, 0.1) is 13.8 Å². The quantitative estimate of drug-likeness (QED) is 0.338. The van der Waals surface area contributed by atoms with E-state index in [-0.39, 0.29) is 39.8 Å². The van der Waals surface area contributed by atoms with Crippen molar-refractivity contribution in [2.45, 2.75) is 58.1 Å². The molecule has 0 unspecified atom stereocenters. The number of ether oxygens (including phenoxy) is 1. The van der Waals surface area contributed by atoms with E-state index in [2.05, 4.69) is 5.32 Å². The molecule has 0 aliphatic rings. The van der Waals surface area contributed by atoms with Gasteiger partial charge < -0.3 is 15.0 Å². The summed E-state index contributed by atoms with van der Waals surface area (Å²) in [6, 6.07) is 17.4. The Hall–Kier alpha value is -3.56. The Kier molecular flexibility index (Phi) is 10.2. The Bertz CT molecular complexity index is 1460. The van der Waals surface area contributed by atoms with Crippen molar-refractivity contribution >= 4 is 39.1 Å². The van der Waals surface area contributed by atoms with Gasteiger partial charge in [0, 0.05) is 17.6 Å². The molecule has 0 aliphatic heterocycles. The van der Waals surface area contributed by atoms with E-state index in [1.165, 1.54) is 30.2 Å². The lowest BCUT2D eigenvalue weighted by Crippen LogP contribution is -2.52. The molecule has 0 spiro atoms. The Labute approximate surface area is 241 Å². The molecule has 1 atom stereocenters. The van der Waals surface area contributed by atoms with Gasteiger partial charge in [-0.25, -0.2) is 8.42 Å². The van der Waals surface area contributed by atoms with Crippen molar-refractivity contribution in [3.8, 4) is 5.75 Å². The standard InChI is InChI=1S/C30H36ClN3O5S/c1-20(2)32-30(36)23(5)33(18-24-10-8-7-9-22(24)4)29(35)19-34(27-17-25(31)13-16-28(27)39-6)40(37,38)26-14-11-21(3)12-15-26/h7-17,20,23H,18-19H2,1-6H3,(H,32,36)/t23-/m1/s1. The van der Waals surface area contributed by atoms with Crippen LogP contribution >= 0.6 is 11.6 Å². The van der Waals surface area contributed by atoms with Crippen molar-refractivity contribution in [2.24, 2.45) is 0 Å². The summed E-state index contributed by atoms with van der Waals surface area (Å²) in [5.74, 6) is -0.679. The van der Waals surface area contributed by atoms with Crippen LogP contribution in [-0.4, -0.2) is 50.9 Å². The van der Waals surface area contributed by atoms with Gasteiger partial charge in [-0.1, -0.05) is 53.6 Å². The summed E-state index contributed by atoms with van der Waals surface area (Å²) in [5, 5.41) is 3.12. The van der Waals surface area contributed by atoms with E-state index in [4.69, 9.17) is 16.3 Å². The summed E-state index contributed by atoms with van der Waals surface area (Å²) < 4.78 is 34.5. The number of nitrogens with zero attached hydrogens (tertiary/aromatic N) is 2. The molecule has 0 bridgehead atoms. The summed E-state index contributed by atoms with van der Waals surface area (Å²) in [5.41, 5.74) is 2.78. The van der Waals surface area contributed by atoms with Crippen LogP contribution in [0.1, 0.15) is 37.5 Å². The van der Waals surface area contributed by atoms with Gasteiger partial charge in [-0.2, -0.15) is 0 Å². The van der Waals surface area contributed by atoms with Gasteiger partial charge >= 0.3 is 0 Å². The molecule has 3 aromatic rings. The van der Waals surface area contributed by atoms with Crippen molar-refractivity contribution in [3.05, 3.63) is 88.4 Å². The highest BCUT2D eigenvalue weighted by atomic mass is 35.5. The van der Waals surface area contributed by atoms with Gasteiger partial charge in [-0.3, -0.25) is 13.9 Å². The zero-order valence-corrected chi connectivity index (χ0v) is 25.2. The first-order chi connectivity index (χ1) is 18.8. The lowest BCUT2D eigenvalue weighted by molar-refractivity contribution is -0.139. The second kappa shape index (κ2) is 13.2. The molecule has 0 aromatic heterocycles. The maximum Gasteiger partial charge on any atom is 0.264 e. The van der Waals surface area contributed by atoms with Crippen LogP contribution in [0.3, 0.4) is 0 Å². The minimum absolute atomic E-state index is 0.00369. The fraction of sp³-hybridized carbons (Fsp3) is 0.333. The summed E-state index contributed by atoms with van der Waals surface area (Å²) in [6.07, 6.45) is 0. The summed E-state index contributed by atoms with van der Waals surface area (Å²) in [4.78, 5) is 28.5. The van der Waals surface area contributed by atoms with Crippen molar-refractivity contribution in [1.82, 2.24) is 10.2 Å². The minimum atomic E-state index is -4.25. The SMILES string of the molecule is COc1ccc(Cl)cc1N(CC(=O)N(Cc1ccccc1C)[C@H](C)C(=O)NC(C)C)S(=O)(=O)c1ccc(C)cc1. The number of anilines is 1. The zero-order valence-electron chi connectivity index (χ0n) is 23.6. The summed E-state index contributed by atoms with van der Waals surface area (Å²) in [6.45, 7) is 8.60. The number of sulfonamides is 1. The van der Waals surface area contributed by atoms with E-state index in [9.17, 15) is 18.0 Å². The van der Waals surface area contributed by atoms with Gasteiger partial charge in [0.05, 0.1) is 17.7 Å². The molecule has 0 aliphatic carbocycles. The molecule has 0 fully saturated rings. The van der Waals surface area contributed by atoms with Gasteiger partial charge in [-0.15, -0.1) is 0 Å². The molecule has 0 saturated heterocycles. The predicted octanol–water partition coefficient (Wildman–Crippen LogP) is 5.10. The highest BCUT2D eigenvalue weighted by Gasteiger charge is 2.34. The lowest BCUT2D eigenvalue weighted by atomic mass is 10.1. The smallest absolute Gasteiger partial charge is 0.264 e. The first kappa shape index (κ1) is 31.0. The number of hydrogen-bond donors (Lipinski definition) is 1.